The van der Waals surface area contributed by atoms with Gasteiger partial charge < -0.3 is 4.90 Å². The monoisotopic (exact) mass is 274 g/mol. The van der Waals surface area contributed by atoms with Crippen LogP contribution in [0.15, 0.2) is 0 Å². The van der Waals surface area contributed by atoms with E-state index in [0.29, 0.717) is 12.5 Å². The average molecular weight is 274 g/mol. The molecule has 2 fully saturated rings. The van der Waals surface area contributed by atoms with Gasteiger partial charge in [0.2, 0.25) is 10.0 Å². The molecule has 18 heavy (non-hydrogen) atoms. The number of hydrogen-bond donors (Lipinski definition) is 1. The molecule has 0 bridgehead atoms. The van der Waals surface area contributed by atoms with Crippen LogP contribution in [0.4, 0.5) is 0 Å². The minimum Gasteiger partial charge on any atom is -0.303 e. The third kappa shape index (κ3) is 4.86. The SMILES string of the molecule is CS(=O)(=O)NCC1CCCN(CC2CCCC2)C1. The van der Waals surface area contributed by atoms with Gasteiger partial charge in [0.25, 0.3) is 0 Å². The molecular weight excluding hydrogens is 248 g/mol. The van der Waals surface area contributed by atoms with Crippen LogP contribution in [0.5, 0.6) is 0 Å². The van der Waals surface area contributed by atoms with Gasteiger partial charge in [-0.15, -0.1) is 0 Å². The Morgan fingerprint density at radius 3 is 2.44 bits per heavy atom. The number of likely N-dealkylation sites (tertiary alicyclic amines) is 1. The van der Waals surface area contributed by atoms with Crippen molar-refractivity contribution in [3.8, 4) is 0 Å². The standard InChI is InChI=1S/C13H26N2O2S/c1-18(16,17)14-9-13-7-4-8-15(11-13)10-12-5-2-3-6-12/h12-14H,2-11H2,1H3. The van der Waals surface area contributed by atoms with E-state index in [0.717, 1.165) is 18.9 Å². The molecule has 1 N–H and O–H groups in total. The van der Waals surface area contributed by atoms with Crippen molar-refractivity contribution in [2.45, 2.75) is 38.5 Å². The number of nitrogens with one attached hydrogen (secondary N) is 1. The van der Waals surface area contributed by atoms with E-state index in [1.807, 2.05) is 0 Å². The van der Waals surface area contributed by atoms with E-state index >= 15 is 0 Å². The van der Waals surface area contributed by atoms with Crippen LogP contribution in [0.25, 0.3) is 0 Å². The van der Waals surface area contributed by atoms with Gasteiger partial charge >= 0.3 is 0 Å². The minimum absolute atomic E-state index is 0.495. The summed E-state index contributed by atoms with van der Waals surface area (Å²) in [7, 11) is -3.03. The van der Waals surface area contributed by atoms with Crippen LogP contribution >= 0.6 is 0 Å². The lowest BCUT2D eigenvalue weighted by Crippen LogP contribution is -2.42. The van der Waals surface area contributed by atoms with E-state index < -0.39 is 10.0 Å². The second kappa shape index (κ2) is 6.35. The predicted octanol–water partition coefficient (Wildman–Crippen LogP) is 1.44. The summed E-state index contributed by atoms with van der Waals surface area (Å²) in [5.41, 5.74) is 0. The van der Waals surface area contributed by atoms with E-state index in [4.69, 9.17) is 0 Å². The molecule has 0 aromatic carbocycles. The van der Waals surface area contributed by atoms with Crippen molar-refractivity contribution in [1.82, 2.24) is 9.62 Å². The van der Waals surface area contributed by atoms with Gasteiger partial charge in [-0.05, 0) is 44.1 Å². The molecule has 0 aromatic rings. The molecule has 106 valence electrons. The molecule has 1 saturated heterocycles. The van der Waals surface area contributed by atoms with Gasteiger partial charge in [0, 0.05) is 19.6 Å². The Labute approximate surface area is 111 Å². The highest BCUT2D eigenvalue weighted by Gasteiger charge is 2.24. The Morgan fingerprint density at radius 2 is 1.78 bits per heavy atom. The van der Waals surface area contributed by atoms with Crippen LogP contribution in [0, 0.1) is 11.8 Å². The molecule has 2 aliphatic rings. The lowest BCUT2D eigenvalue weighted by Gasteiger charge is -2.34. The Kier molecular flexibility index (Phi) is 5.04. The molecule has 1 heterocycles. The molecular formula is C13H26N2O2S. The third-order valence-corrected chi connectivity index (χ3v) is 4.92. The fourth-order valence-electron chi connectivity index (χ4n) is 3.31. The smallest absolute Gasteiger partial charge is 0.208 e. The first-order chi connectivity index (χ1) is 8.53. The Balaban J connectivity index is 1.73. The number of nitrogens with zero attached hydrogens (tertiary/aromatic N) is 1. The minimum atomic E-state index is -3.03. The Morgan fingerprint density at radius 1 is 1.11 bits per heavy atom. The van der Waals surface area contributed by atoms with Crippen LogP contribution in [-0.4, -0.2) is 45.8 Å². The molecule has 0 radical (unpaired) electrons. The zero-order valence-electron chi connectivity index (χ0n) is 11.4. The normalized spacial score (nSPS) is 27.7. The first-order valence-corrected chi connectivity index (χ1v) is 9.09. The maximum Gasteiger partial charge on any atom is 0.208 e. The van der Waals surface area contributed by atoms with Gasteiger partial charge in [0.15, 0.2) is 0 Å². The van der Waals surface area contributed by atoms with Crippen molar-refractivity contribution in [3.63, 3.8) is 0 Å². The number of hydrogen-bond acceptors (Lipinski definition) is 3. The van der Waals surface area contributed by atoms with Crippen LogP contribution in [-0.2, 0) is 10.0 Å². The van der Waals surface area contributed by atoms with Crippen molar-refractivity contribution in [3.05, 3.63) is 0 Å². The molecule has 2 rings (SSSR count). The second-order valence-electron chi connectivity index (χ2n) is 6.04. The lowest BCUT2D eigenvalue weighted by molar-refractivity contribution is 0.153. The van der Waals surface area contributed by atoms with Gasteiger partial charge in [0.1, 0.15) is 0 Å². The second-order valence-corrected chi connectivity index (χ2v) is 7.87. The predicted molar refractivity (Wildman–Crippen MR) is 74.0 cm³/mol. The molecule has 5 heteroatoms. The first kappa shape index (κ1) is 14.3. The molecule has 1 aliphatic carbocycles. The van der Waals surface area contributed by atoms with Crippen molar-refractivity contribution in [2.24, 2.45) is 11.8 Å². The van der Waals surface area contributed by atoms with Gasteiger partial charge in [-0.25, -0.2) is 13.1 Å². The van der Waals surface area contributed by atoms with Crippen molar-refractivity contribution < 1.29 is 8.42 Å². The Bertz CT molecular complexity index is 350. The fraction of sp³-hybridized carbons (Fsp3) is 1.00. The Hall–Kier alpha value is -0.130. The maximum absolute atomic E-state index is 11.1. The molecule has 1 aliphatic heterocycles. The molecule has 1 atom stereocenters. The molecule has 0 aromatic heterocycles. The number of rotatable bonds is 5. The van der Waals surface area contributed by atoms with E-state index in [1.165, 1.54) is 51.4 Å². The van der Waals surface area contributed by atoms with Gasteiger partial charge in [-0.1, -0.05) is 12.8 Å². The van der Waals surface area contributed by atoms with Crippen LogP contribution in [0.3, 0.4) is 0 Å². The topological polar surface area (TPSA) is 49.4 Å². The van der Waals surface area contributed by atoms with Gasteiger partial charge in [-0.2, -0.15) is 0 Å². The molecule has 4 nitrogen and oxygen atoms in total. The summed E-state index contributed by atoms with van der Waals surface area (Å²) in [5, 5.41) is 0. The third-order valence-electron chi connectivity index (χ3n) is 4.23. The highest BCUT2D eigenvalue weighted by atomic mass is 32.2. The first-order valence-electron chi connectivity index (χ1n) is 7.20. The van der Waals surface area contributed by atoms with E-state index in [2.05, 4.69) is 9.62 Å². The van der Waals surface area contributed by atoms with E-state index in [1.54, 1.807) is 0 Å². The lowest BCUT2D eigenvalue weighted by atomic mass is 9.97. The van der Waals surface area contributed by atoms with Crippen LogP contribution < -0.4 is 4.72 Å². The summed E-state index contributed by atoms with van der Waals surface area (Å²) in [4.78, 5) is 2.55. The summed E-state index contributed by atoms with van der Waals surface area (Å²) in [6.45, 7) is 4.11. The highest BCUT2D eigenvalue weighted by molar-refractivity contribution is 7.88. The molecule has 0 amide bonds. The highest BCUT2D eigenvalue weighted by Crippen LogP contribution is 2.27. The number of piperidine rings is 1. The average Bonchev–Trinajstić information content (AvgIpc) is 2.79. The largest absolute Gasteiger partial charge is 0.303 e. The van der Waals surface area contributed by atoms with E-state index in [9.17, 15) is 8.42 Å². The van der Waals surface area contributed by atoms with Crippen LogP contribution in [0.2, 0.25) is 0 Å². The molecule has 1 saturated carbocycles. The zero-order valence-corrected chi connectivity index (χ0v) is 12.2. The summed E-state index contributed by atoms with van der Waals surface area (Å²) >= 11 is 0. The van der Waals surface area contributed by atoms with Crippen LogP contribution in [0.1, 0.15) is 38.5 Å². The quantitative estimate of drug-likeness (QED) is 0.825. The van der Waals surface area contributed by atoms with E-state index in [-0.39, 0.29) is 0 Å². The fourth-order valence-corrected chi connectivity index (χ4v) is 3.85. The van der Waals surface area contributed by atoms with Gasteiger partial charge in [0.05, 0.1) is 6.26 Å². The molecule has 1 unspecified atom stereocenters. The zero-order chi connectivity index (χ0) is 13.0. The van der Waals surface area contributed by atoms with Crippen molar-refractivity contribution in [2.75, 3.05) is 32.4 Å². The van der Waals surface area contributed by atoms with Crippen molar-refractivity contribution in [1.29, 1.82) is 0 Å². The summed E-state index contributed by atoms with van der Waals surface area (Å²) in [5.74, 6) is 1.39. The summed E-state index contributed by atoms with van der Waals surface area (Å²) in [6.07, 6.45) is 9.19. The van der Waals surface area contributed by atoms with Gasteiger partial charge in [-0.3, -0.25) is 0 Å². The summed E-state index contributed by atoms with van der Waals surface area (Å²) < 4.78 is 24.9. The number of sulfonamides is 1. The van der Waals surface area contributed by atoms with Crippen molar-refractivity contribution >= 4 is 10.0 Å². The summed E-state index contributed by atoms with van der Waals surface area (Å²) in [6, 6.07) is 0. The molecule has 0 spiro atoms. The maximum atomic E-state index is 11.1.